The van der Waals surface area contributed by atoms with Crippen LogP contribution < -0.4 is 5.32 Å². The fourth-order valence-corrected chi connectivity index (χ4v) is 3.95. The molecular formula is C16H29F2N. The Kier molecular flexibility index (Phi) is 5.61. The van der Waals surface area contributed by atoms with Gasteiger partial charge in [-0.2, -0.15) is 0 Å². The van der Waals surface area contributed by atoms with Gasteiger partial charge in [-0.1, -0.05) is 39.0 Å². The van der Waals surface area contributed by atoms with Gasteiger partial charge in [0.2, 0.25) is 5.92 Å². The Morgan fingerprint density at radius 3 is 2.26 bits per heavy atom. The van der Waals surface area contributed by atoms with Crippen molar-refractivity contribution in [1.82, 2.24) is 5.32 Å². The Bertz CT molecular complexity index is 251. The molecule has 2 saturated carbocycles. The van der Waals surface area contributed by atoms with Crippen molar-refractivity contribution in [2.24, 2.45) is 11.8 Å². The van der Waals surface area contributed by atoms with Gasteiger partial charge in [0.05, 0.1) is 0 Å². The van der Waals surface area contributed by atoms with E-state index >= 15 is 0 Å². The SMILES string of the molecule is CCNC(CC1CCCCC1)C1CCC(F)(F)CC1. The van der Waals surface area contributed by atoms with Gasteiger partial charge in [-0.15, -0.1) is 0 Å². The smallest absolute Gasteiger partial charge is 0.248 e. The second-order valence-electron chi connectivity index (χ2n) is 6.60. The van der Waals surface area contributed by atoms with Crippen LogP contribution in [0.5, 0.6) is 0 Å². The van der Waals surface area contributed by atoms with Crippen molar-refractivity contribution in [2.75, 3.05) is 6.54 Å². The summed E-state index contributed by atoms with van der Waals surface area (Å²) in [5.41, 5.74) is 0. The van der Waals surface area contributed by atoms with Crippen LogP contribution in [-0.2, 0) is 0 Å². The van der Waals surface area contributed by atoms with Crippen molar-refractivity contribution in [3.8, 4) is 0 Å². The lowest BCUT2D eigenvalue weighted by atomic mass is 9.76. The maximum absolute atomic E-state index is 13.3. The summed E-state index contributed by atoms with van der Waals surface area (Å²) in [5.74, 6) is -1.08. The highest BCUT2D eigenvalue weighted by molar-refractivity contribution is 4.86. The molecule has 112 valence electrons. The topological polar surface area (TPSA) is 12.0 Å². The van der Waals surface area contributed by atoms with Crippen molar-refractivity contribution in [2.45, 2.75) is 83.1 Å². The van der Waals surface area contributed by atoms with E-state index in [0.29, 0.717) is 24.8 Å². The first kappa shape index (κ1) is 15.2. The average molecular weight is 273 g/mol. The molecule has 0 aromatic rings. The number of hydrogen-bond acceptors (Lipinski definition) is 1. The van der Waals surface area contributed by atoms with E-state index in [0.717, 1.165) is 12.5 Å². The van der Waals surface area contributed by atoms with Gasteiger partial charge in [0, 0.05) is 18.9 Å². The third-order valence-electron chi connectivity index (χ3n) is 5.11. The van der Waals surface area contributed by atoms with Crippen LogP contribution in [0, 0.1) is 11.8 Å². The second kappa shape index (κ2) is 7.01. The van der Waals surface area contributed by atoms with E-state index < -0.39 is 5.92 Å². The molecule has 19 heavy (non-hydrogen) atoms. The molecule has 2 aliphatic rings. The lowest BCUT2D eigenvalue weighted by molar-refractivity contribution is -0.0505. The molecule has 0 saturated heterocycles. The maximum atomic E-state index is 13.3. The Labute approximate surface area is 116 Å². The molecule has 0 aliphatic heterocycles. The molecule has 1 nitrogen and oxygen atoms in total. The molecule has 2 rings (SSSR count). The van der Waals surface area contributed by atoms with Crippen LogP contribution in [0.25, 0.3) is 0 Å². The van der Waals surface area contributed by atoms with Crippen LogP contribution in [-0.4, -0.2) is 18.5 Å². The molecule has 0 heterocycles. The van der Waals surface area contributed by atoms with Crippen LogP contribution in [0.1, 0.15) is 71.1 Å². The number of hydrogen-bond donors (Lipinski definition) is 1. The maximum Gasteiger partial charge on any atom is 0.248 e. The molecular weight excluding hydrogens is 244 g/mol. The summed E-state index contributed by atoms with van der Waals surface area (Å²) in [6.45, 7) is 3.09. The number of rotatable bonds is 5. The van der Waals surface area contributed by atoms with Crippen LogP contribution in [0.2, 0.25) is 0 Å². The van der Waals surface area contributed by atoms with Gasteiger partial charge >= 0.3 is 0 Å². The third kappa shape index (κ3) is 4.70. The normalized spacial score (nSPS) is 27.3. The largest absolute Gasteiger partial charge is 0.314 e. The van der Waals surface area contributed by atoms with E-state index in [2.05, 4.69) is 12.2 Å². The minimum absolute atomic E-state index is 0.101. The second-order valence-corrected chi connectivity index (χ2v) is 6.60. The molecule has 0 radical (unpaired) electrons. The minimum Gasteiger partial charge on any atom is -0.314 e. The zero-order valence-electron chi connectivity index (χ0n) is 12.3. The van der Waals surface area contributed by atoms with Crippen molar-refractivity contribution in [1.29, 1.82) is 0 Å². The number of halogens is 2. The first-order chi connectivity index (χ1) is 9.11. The molecule has 1 atom stereocenters. The predicted octanol–water partition coefficient (Wildman–Crippen LogP) is 4.76. The van der Waals surface area contributed by atoms with Crippen molar-refractivity contribution in [3.63, 3.8) is 0 Å². The summed E-state index contributed by atoms with van der Waals surface area (Å²) in [5, 5.41) is 3.58. The van der Waals surface area contributed by atoms with Gasteiger partial charge in [-0.05, 0) is 37.6 Å². The van der Waals surface area contributed by atoms with Crippen molar-refractivity contribution < 1.29 is 8.78 Å². The molecule has 2 fully saturated rings. The molecule has 0 amide bonds. The Morgan fingerprint density at radius 1 is 1.05 bits per heavy atom. The Morgan fingerprint density at radius 2 is 1.68 bits per heavy atom. The Balaban J connectivity index is 1.84. The van der Waals surface area contributed by atoms with Crippen LogP contribution in [0.3, 0.4) is 0 Å². The summed E-state index contributed by atoms with van der Waals surface area (Å²) in [4.78, 5) is 0. The van der Waals surface area contributed by atoms with Crippen LogP contribution >= 0.6 is 0 Å². The van der Waals surface area contributed by atoms with E-state index in [9.17, 15) is 8.78 Å². The van der Waals surface area contributed by atoms with E-state index in [-0.39, 0.29) is 12.8 Å². The molecule has 0 spiro atoms. The molecule has 2 aliphatic carbocycles. The summed E-state index contributed by atoms with van der Waals surface area (Å²) in [6.07, 6.45) is 9.65. The zero-order valence-corrected chi connectivity index (χ0v) is 12.3. The molecule has 0 bridgehead atoms. The highest BCUT2D eigenvalue weighted by Crippen LogP contribution is 2.39. The van der Waals surface area contributed by atoms with E-state index in [1.807, 2.05) is 0 Å². The van der Waals surface area contributed by atoms with Gasteiger partial charge in [0.15, 0.2) is 0 Å². The number of nitrogens with one attached hydrogen (secondary N) is 1. The van der Waals surface area contributed by atoms with Crippen LogP contribution in [0.4, 0.5) is 8.78 Å². The van der Waals surface area contributed by atoms with E-state index in [4.69, 9.17) is 0 Å². The molecule has 3 heteroatoms. The lowest BCUT2D eigenvalue weighted by Gasteiger charge is -2.36. The minimum atomic E-state index is -2.39. The van der Waals surface area contributed by atoms with Gasteiger partial charge in [0.1, 0.15) is 0 Å². The summed E-state index contributed by atoms with van der Waals surface area (Å²) < 4.78 is 26.5. The molecule has 0 aromatic carbocycles. The predicted molar refractivity (Wildman–Crippen MR) is 75.6 cm³/mol. The van der Waals surface area contributed by atoms with E-state index in [1.54, 1.807) is 0 Å². The first-order valence-electron chi connectivity index (χ1n) is 8.22. The summed E-state index contributed by atoms with van der Waals surface area (Å²) in [7, 11) is 0. The van der Waals surface area contributed by atoms with Crippen LogP contribution in [0.15, 0.2) is 0 Å². The van der Waals surface area contributed by atoms with Gasteiger partial charge in [-0.25, -0.2) is 8.78 Å². The zero-order chi connectivity index (χ0) is 13.7. The molecule has 0 aromatic heterocycles. The van der Waals surface area contributed by atoms with E-state index in [1.165, 1.54) is 38.5 Å². The fourth-order valence-electron chi connectivity index (χ4n) is 3.95. The van der Waals surface area contributed by atoms with Crippen molar-refractivity contribution >= 4 is 0 Å². The molecule has 1 N–H and O–H groups in total. The van der Waals surface area contributed by atoms with Gasteiger partial charge in [-0.3, -0.25) is 0 Å². The van der Waals surface area contributed by atoms with Gasteiger partial charge in [0.25, 0.3) is 0 Å². The lowest BCUT2D eigenvalue weighted by Crippen LogP contribution is -2.41. The standard InChI is InChI=1S/C16H29F2N/c1-2-19-15(12-13-6-4-3-5-7-13)14-8-10-16(17,18)11-9-14/h13-15,19H,2-12H2,1H3. The first-order valence-corrected chi connectivity index (χ1v) is 8.22. The monoisotopic (exact) mass is 273 g/mol. The highest BCUT2D eigenvalue weighted by Gasteiger charge is 2.37. The quantitative estimate of drug-likeness (QED) is 0.761. The number of alkyl halides is 2. The molecule has 1 unspecified atom stereocenters. The van der Waals surface area contributed by atoms with Gasteiger partial charge < -0.3 is 5.32 Å². The third-order valence-corrected chi connectivity index (χ3v) is 5.11. The highest BCUT2D eigenvalue weighted by atomic mass is 19.3. The summed E-state index contributed by atoms with van der Waals surface area (Å²) >= 11 is 0. The average Bonchev–Trinajstić information content (AvgIpc) is 2.39. The fraction of sp³-hybridized carbons (Fsp3) is 1.00. The van der Waals surface area contributed by atoms with Crippen molar-refractivity contribution in [3.05, 3.63) is 0 Å². The summed E-state index contributed by atoms with van der Waals surface area (Å²) in [6, 6.07) is 0.476. The Hall–Kier alpha value is -0.180.